The number of thioether (sulfide) groups is 1. The molecule has 3 aromatic rings. The van der Waals surface area contributed by atoms with Gasteiger partial charge in [-0.05, 0) is 62.1 Å². The number of esters is 1. The number of anilines is 1. The van der Waals surface area contributed by atoms with Gasteiger partial charge in [0.25, 0.3) is 0 Å². The van der Waals surface area contributed by atoms with Crippen LogP contribution >= 0.6 is 23.1 Å². The van der Waals surface area contributed by atoms with Crippen LogP contribution in [-0.2, 0) is 28.9 Å². The lowest BCUT2D eigenvalue weighted by atomic mass is 9.72. The summed E-state index contributed by atoms with van der Waals surface area (Å²) in [6, 6.07) is 6.97. The zero-order valence-corrected chi connectivity index (χ0v) is 23.6. The first-order valence-corrected chi connectivity index (χ1v) is 14.4. The molecule has 0 bridgehead atoms. The minimum Gasteiger partial charge on any atom is -0.507 e. The van der Waals surface area contributed by atoms with Gasteiger partial charge in [0.2, 0.25) is 5.91 Å². The molecule has 0 saturated heterocycles. The highest BCUT2D eigenvalue weighted by Gasteiger charge is 2.34. The van der Waals surface area contributed by atoms with Crippen molar-refractivity contribution in [1.29, 1.82) is 0 Å². The molecule has 2 N–H and O–H groups in total. The highest BCUT2D eigenvalue weighted by Crippen LogP contribution is 2.44. The van der Waals surface area contributed by atoms with Crippen LogP contribution in [0, 0.1) is 11.3 Å². The van der Waals surface area contributed by atoms with Gasteiger partial charge < -0.3 is 19.7 Å². The van der Waals surface area contributed by atoms with Crippen LogP contribution in [0.5, 0.6) is 5.75 Å². The van der Waals surface area contributed by atoms with Crippen LogP contribution in [-0.4, -0.2) is 44.1 Å². The number of carbonyl (C=O) groups is 2. The summed E-state index contributed by atoms with van der Waals surface area (Å²) in [5.74, 6) is 0.695. The minimum absolute atomic E-state index is 0.106. The average molecular weight is 543 g/mol. The second-order valence-electron chi connectivity index (χ2n) is 10.1. The lowest BCUT2D eigenvalue weighted by molar-refractivity contribution is -0.113. The van der Waals surface area contributed by atoms with Crippen LogP contribution in [0.25, 0.3) is 11.4 Å². The number of carbonyl (C=O) groups excluding carboxylic acids is 2. The van der Waals surface area contributed by atoms with Crippen LogP contribution in [0.15, 0.2) is 29.4 Å². The molecule has 0 fully saturated rings. The molecule has 1 aliphatic carbocycles. The summed E-state index contributed by atoms with van der Waals surface area (Å²) in [7, 11) is 0. The largest absolute Gasteiger partial charge is 0.507 e. The van der Waals surface area contributed by atoms with Gasteiger partial charge in [-0.3, -0.25) is 4.79 Å². The third-order valence-corrected chi connectivity index (χ3v) is 8.87. The fourth-order valence-corrected chi connectivity index (χ4v) is 6.80. The highest BCUT2D eigenvalue weighted by molar-refractivity contribution is 7.99. The Morgan fingerprint density at radius 2 is 2.00 bits per heavy atom. The van der Waals surface area contributed by atoms with E-state index < -0.39 is 0 Å². The van der Waals surface area contributed by atoms with Gasteiger partial charge in [0, 0.05) is 11.4 Å². The van der Waals surface area contributed by atoms with Crippen molar-refractivity contribution in [2.24, 2.45) is 11.3 Å². The van der Waals surface area contributed by atoms with Crippen molar-refractivity contribution < 1.29 is 19.4 Å². The number of nitrogens with zero attached hydrogens (tertiary/aromatic N) is 3. The van der Waals surface area contributed by atoms with Gasteiger partial charge in [-0.25, -0.2) is 4.79 Å². The molecular weight excluding hydrogens is 508 g/mol. The first-order chi connectivity index (χ1) is 17.6. The average Bonchev–Trinajstić information content (AvgIpc) is 3.42. The van der Waals surface area contributed by atoms with Crippen molar-refractivity contribution in [2.45, 2.75) is 65.6 Å². The molecule has 4 rings (SSSR count). The number of nitrogens with one attached hydrogen (secondary N) is 1. The van der Waals surface area contributed by atoms with E-state index in [1.165, 1.54) is 23.1 Å². The number of amides is 1. The molecule has 0 spiro atoms. The molecule has 198 valence electrons. The van der Waals surface area contributed by atoms with Gasteiger partial charge in [0.05, 0.1) is 23.5 Å². The number of thiophene rings is 1. The third-order valence-electron chi connectivity index (χ3n) is 6.73. The molecule has 2 aromatic heterocycles. The van der Waals surface area contributed by atoms with E-state index in [1.807, 2.05) is 17.6 Å². The minimum atomic E-state index is -0.379. The summed E-state index contributed by atoms with van der Waals surface area (Å²) in [4.78, 5) is 27.0. The summed E-state index contributed by atoms with van der Waals surface area (Å²) >= 11 is 2.76. The first kappa shape index (κ1) is 27.2. The third kappa shape index (κ3) is 5.85. The second kappa shape index (κ2) is 11.3. The summed E-state index contributed by atoms with van der Waals surface area (Å²) in [5, 5.41) is 22.9. The van der Waals surface area contributed by atoms with Crippen molar-refractivity contribution in [1.82, 2.24) is 14.8 Å². The van der Waals surface area contributed by atoms with Crippen LogP contribution in [0.3, 0.4) is 0 Å². The van der Waals surface area contributed by atoms with Crippen LogP contribution in [0.4, 0.5) is 5.00 Å². The van der Waals surface area contributed by atoms with E-state index in [1.54, 1.807) is 25.1 Å². The number of para-hydroxylation sites is 1. The Kier molecular flexibility index (Phi) is 8.28. The molecule has 0 aliphatic heterocycles. The maximum atomic E-state index is 13.0. The highest BCUT2D eigenvalue weighted by atomic mass is 32.2. The van der Waals surface area contributed by atoms with Crippen molar-refractivity contribution in [3.63, 3.8) is 0 Å². The van der Waals surface area contributed by atoms with Crippen LogP contribution in [0.1, 0.15) is 61.8 Å². The zero-order valence-electron chi connectivity index (χ0n) is 22.0. The zero-order chi connectivity index (χ0) is 26.7. The standard InChI is InChI=1S/C27H34N4O4S2/c1-6-31-23(17-10-8-9-11-19(17)32)29-30-26(31)36-15-21(33)28-24-22(25(34)35-7-2)18-13-12-16(27(3,4)5)14-20(18)37-24/h8-11,16,32H,6-7,12-15H2,1-5H3,(H,28,33)/t16-/m0/s1. The fraction of sp³-hybridized carbons (Fsp3) is 0.481. The first-order valence-electron chi connectivity index (χ1n) is 12.6. The monoisotopic (exact) mass is 542 g/mol. The normalized spacial score (nSPS) is 15.3. The maximum Gasteiger partial charge on any atom is 0.341 e. The molecule has 10 heteroatoms. The molecule has 1 aromatic carbocycles. The van der Waals surface area contributed by atoms with Gasteiger partial charge in [-0.1, -0.05) is 44.7 Å². The van der Waals surface area contributed by atoms with E-state index in [4.69, 9.17) is 4.74 Å². The van der Waals surface area contributed by atoms with Gasteiger partial charge in [0.1, 0.15) is 10.8 Å². The summed E-state index contributed by atoms with van der Waals surface area (Å²) < 4.78 is 7.22. The predicted octanol–water partition coefficient (Wildman–Crippen LogP) is 5.79. The Labute approximate surface area is 225 Å². The second-order valence-corrected chi connectivity index (χ2v) is 12.2. The maximum absolute atomic E-state index is 13.0. The van der Waals surface area contributed by atoms with Crippen molar-refractivity contribution >= 4 is 40.0 Å². The molecule has 1 atom stereocenters. The van der Waals surface area contributed by atoms with Gasteiger partial charge >= 0.3 is 5.97 Å². The molecule has 37 heavy (non-hydrogen) atoms. The van der Waals surface area contributed by atoms with E-state index >= 15 is 0 Å². The van der Waals surface area contributed by atoms with Crippen LogP contribution in [0.2, 0.25) is 0 Å². The molecule has 1 amide bonds. The van der Waals surface area contributed by atoms with E-state index in [-0.39, 0.29) is 35.4 Å². The number of rotatable bonds is 8. The molecule has 0 unspecified atom stereocenters. The van der Waals surface area contributed by atoms with Gasteiger partial charge in [-0.2, -0.15) is 0 Å². The Morgan fingerprint density at radius 3 is 2.68 bits per heavy atom. The van der Waals surface area contributed by atoms with E-state index in [0.29, 0.717) is 39.6 Å². The molecule has 0 radical (unpaired) electrons. The molecule has 1 aliphatic rings. The molecule has 2 heterocycles. The molecular formula is C27H34N4O4S2. The number of hydrogen-bond donors (Lipinski definition) is 2. The number of hydrogen-bond acceptors (Lipinski definition) is 8. The molecule has 0 saturated carbocycles. The topological polar surface area (TPSA) is 106 Å². The summed E-state index contributed by atoms with van der Waals surface area (Å²) in [6.07, 6.45) is 2.71. The number of phenolic OH excluding ortho intramolecular Hbond substituents is 1. The van der Waals surface area contributed by atoms with E-state index in [2.05, 4.69) is 36.3 Å². The van der Waals surface area contributed by atoms with E-state index in [9.17, 15) is 14.7 Å². The Bertz CT molecular complexity index is 1290. The summed E-state index contributed by atoms with van der Waals surface area (Å²) in [5.41, 5.74) is 2.29. The Balaban J connectivity index is 1.52. The Hall–Kier alpha value is -2.85. The predicted molar refractivity (Wildman–Crippen MR) is 147 cm³/mol. The lowest BCUT2D eigenvalue weighted by Gasteiger charge is -2.33. The lowest BCUT2D eigenvalue weighted by Crippen LogP contribution is -2.26. The number of fused-ring (bicyclic) bond motifs is 1. The summed E-state index contributed by atoms with van der Waals surface area (Å²) in [6.45, 7) is 11.4. The SMILES string of the molecule is CCOC(=O)c1c(NC(=O)CSc2nnc(-c3ccccc3O)n2CC)sc2c1CC[C@H](C(C)(C)C)C2. The number of aromatic nitrogens is 3. The number of phenols is 1. The molecule has 8 nitrogen and oxygen atoms in total. The van der Waals surface area contributed by atoms with Crippen molar-refractivity contribution in [3.05, 3.63) is 40.3 Å². The van der Waals surface area contributed by atoms with Gasteiger partial charge in [-0.15, -0.1) is 21.5 Å². The van der Waals surface area contributed by atoms with Gasteiger partial charge in [0.15, 0.2) is 11.0 Å². The van der Waals surface area contributed by atoms with E-state index in [0.717, 1.165) is 29.7 Å². The fourth-order valence-electron chi connectivity index (χ4n) is 4.67. The number of aromatic hydroxyl groups is 1. The quantitative estimate of drug-likeness (QED) is 0.274. The van der Waals surface area contributed by atoms with Crippen LogP contribution < -0.4 is 5.32 Å². The van der Waals surface area contributed by atoms with Crippen molar-refractivity contribution in [3.8, 4) is 17.1 Å². The number of ether oxygens (including phenoxy) is 1. The van der Waals surface area contributed by atoms with Crippen molar-refractivity contribution in [2.75, 3.05) is 17.7 Å². The smallest absolute Gasteiger partial charge is 0.341 e. The number of benzene rings is 1. The Morgan fingerprint density at radius 1 is 1.24 bits per heavy atom.